The molecule has 0 amide bonds. The van der Waals surface area contributed by atoms with Gasteiger partial charge in [-0.05, 0) is 43.2 Å². The van der Waals surface area contributed by atoms with Gasteiger partial charge in [0.1, 0.15) is 0 Å². The third kappa shape index (κ3) is 1.89. The molecule has 1 unspecified atom stereocenters. The van der Waals surface area contributed by atoms with Gasteiger partial charge in [0, 0.05) is 6.04 Å². The van der Waals surface area contributed by atoms with Crippen LogP contribution >= 0.6 is 11.8 Å². The summed E-state index contributed by atoms with van der Waals surface area (Å²) in [7, 11) is 0. The minimum Gasteiger partial charge on any atom is -0.314 e. The van der Waals surface area contributed by atoms with Crippen molar-refractivity contribution in [2.24, 2.45) is 5.92 Å². The highest BCUT2D eigenvalue weighted by atomic mass is 32.2. The molecular formula is C8H15NS. The maximum Gasteiger partial charge on any atom is 0.00683 e. The summed E-state index contributed by atoms with van der Waals surface area (Å²) >= 11 is 2.11. The fourth-order valence-corrected chi connectivity index (χ4v) is 2.65. The lowest BCUT2D eigenvalue weighted by atomic mass is 10.1. The van der Waals surface area contributed by atoms with Crippen molar-refractivity contribution < 1.29 is 0 Å². The molecule has 1 nitrogen and oxygen atoms in total. The summed E-state index contributed by atoms with van der Waals surface area (Å²) in [6, 6.07) is 0.908. The zero-order valence-electron chi connectivity index (χ0n) is 6.31. The lowest BCUT2D eigenvalue weighted by Crippen LogP contribution is -2.24. The Balaban J connectivity index is 1.59. The van der Waals surface area contributed by atoms with Crippen LogP contribution in [0, 0.1) is 5.92 Å². The summed E-state index contributed by atoms with van der Waals surface area (Å²) in [5, 5.41) is 3.59. The highest BCUT2D eigenvalue weighted by molar-refractivity contribution is 7.99. The molecule has 0 bridgehead atoms. The Labute approximate surface area is 67.0 Å². The summed E-state index contributed by atoms with van der Waals surface area (Å²) in [6.07, 6.45) is 4.31. The van der Waals surface area contributed by atoms with Crippen LogP contribution in [0.15, 0.2) is 0 Å². The van der Waals surface area contributed by atoms with E-state index in [0.29, 0.717) is 0 Å². The smallest absolute Gasteiger partial charge is 0.00683 e. The van der Waals surface area contributed by atoms with Crippen molar-refractivity contribution in [2.45, 2.75) is 25.3 Å². The van der Waals surface area contributed by atoms with E-state index in [0.717, 1.165) is 12.0 Å². The van der Waals surface area contributed by atoms with Gasteiger partial charge in [-0.2, -0.15) is 11.8 Å². The van der Waals surface area contributed by atoms with Gasteiger partial charge in [0.25, 0.3) is 0 Å². The molecule has 10 heavy (non-hydrogen) atoms. The lowest BCUT2D eigenvalue weighted by Gasteiger charge is -2.07. The van der Waals surface area contributed by atoms with Gasteiger partial charge in [0.15, 0.2) is 0 Å². The summed E-state index contributed by atoms with van der Waals surface area (Å²) in [5.74, 6) is 3.79. The number of rotatable bonds is 3. The van der Waals surface area contributed by atoms with Crippen LogP contribution in [0.1, 0.15) is 19.3 Å². The molecule has 2 fully saturated rings. The van der Waals surface area contributed by atoms with Gasteiger partial charge < -0.3 is 5.32 Å². The van der Waals surface area contributed by atoms with Gasteiger partial charge in [-0.25, -0.2) is 0 Å². The van der Waals surface area contributed by atoms with Gasteiger partial charge in [-0.1, -0.05) is 0 Å². The van der Waals surface area contributed by atoms with Gasteiger partial charge in [-0.15, -0.1) is 0 Å². The minimum atomic E-state index is 0.908. The molecule has 1 atom stereocenters. The predicted octanol–water partition coefficient (Wildman–Crippen LogP) is 1.49. The molecule has 0 aromatic rings. The molecule has 1 aliphatic heterocycles. The molecule has 0 aromatic carbocycles. The number of hydrogen-bond donors (Lipinski definition) is 1. The van der Waals surface area contributed by atoms with Gasteiger partial charge in [-0.3, -0.25) is 0 Å². The van der Waals surface area contributed by atoms with Gasteiger partial charge >= 0.3 is 0 Å². The van der Waals surface area contributed by atoms with Crippen LogP contribution in [-0.4, -0.2) is 24.1 Å². The molecule has 2 aliphatic rings. The molecular weight excluding hydrogens is 142 g/mol. The second-order valence-corrected chi connectivity index (χ2v) is 4.56. The second kappa shape index (κ2) is 3.14. The van der Waals surface area contributed by atoms with Crippen molar-refractivity contribution in [3.05, 3.63) is 0 Å². The van der Waals surface area contributed by atoms with Crippen LogP contribution < -0.4 is 5.32 Å². The summed E-state index contributed by atoms with van der Waals surface area (Å²) in [4.78, 5) is 0. The Morgan fingerprint density at radius 2 is 2.20 bits per heavy atom. The average molecular weight is 157 g/mol. The molecule has 0 spiro atoms. The molecule has 1 saturated heterocycles. The predicted molar refractivity (Wildman–Crippen MR) is 46.5 cm³/mol. The largest absolute Gasteiger partial charge is 0.314 e. The third-order valence-electron chi connectivity index (χ3n) is 2.30. The maximum atomic E-state index is 3.59. The quantitative estimate of drug-likeness (QED) is 0.666. The lowest BCUT2D eigenvalue weighted by molar-refractivity contribution is 0.521. The van der Waals surface area contributed by atoms with Crippen LogP contribution in [0.3, 0.4) is 0 Å². The fraction of sp³-hybridized carbons (Fsp3) is 1.00. The van der Waals surface area contributed by atoms with E-state index >= 15 is 0 Å². The van der Waals surface area contributed by atoms with E-state index in [1.54, 1.807) is 0 Å². The van der Waals surface area contributed by atoms with E-state index < -0.39 is 0 Å². The first-order valence-corrected chi connectivity index (χ1v) is 5.42. The Morgan fingerprint density at radius 1 is 1.30 bits per heavy atom. The molecule has 2 rings (SSSR count). The maximum absolute atomic E-state index is 3.59. The summed E-state index contributed by atoms with van der Waals surface area (Å²) in [6.45, 7) is 1.29. The number of hydrogen-bond acceptors (Lipinski definition) is 2. The highest BCUT2D eigenvalue weighted by Gasteiger charge is 2.23. The van der Waals surface area contributed by atoms with Crippen LogP contribution in [-0.2, 0) is 0 Å². The molecule has 0 radical (unpaired) electrons. The minimum absolute atomic E-state index is 0.908. The van der Waals surface area contributed by atoms with Crippen molar-refractivity contribution in [3.63, 3.8) is 0 Å². The first-order chi connectivity index (χ1) is 4.95. The monoisotopic (exact) mass is 157 g/mol. The standard InChI is InChI=1S/C8H15NS/c1-2-8(1)9-5-7-3-4-10-6-7/h7-9H,1-6H2. The molecule has 2 heteroatoms. The molecule has 1 saturated carbocycles. The molecule has 1 heterocycles. The van der Waals surface area contributed by atoms with E-state index in [2.05, 4.69) is 17.1 Å². The van der Waals surface area contributed by atoms with Crippen molar-refractivity contribution in [3.8, 4) is 0 Å². The summed E-state index contributed by atoms with van der Waals surface area (Å²) in [5.41, 5.74) is 0. The van der Waals surface area contributed by atoms with E-state index in [1.807, 2.05) is 0 Å². The van der Waals surface area contributed by atoms with E-state index in [4.69, 9.17) is 0 Å². The van der Waals surface area contributed by atoms with Crippen LogP contribution in [0.4, 0.5) is 0 Å². The Bertz CT molecular complexity index is 106. The van der Waals surface area contributed by atoms with Crippen molar-refractivity contribution in [1.82, 2.24) is 5.32 Å². The van der Waals surface area contributed by atoms with Crippen molar-refractivity contribution in [2.75, 3.05) is 18.1 Å². The van der Waals surface area contributed by atoms with Crippen molar-refractivity contribution >= 4 is 11.8 Å². The molecule has 1 N–H and O–H groups in total. The van der Waals surface area contributed by atoms with E-state index in [9.17, 15) is 0 Å². The van der Waals surface area contributed by atoms with E-state index in [1.165, 1.54) is 37.3 Å². The Morgan fingerprint density at radius 3 is 2.80 bits per heavy atom. The highest BCUT2D eigenvalue weighted by Crippen LogP contribution is 2.24. The average Bonchev–Trinajstić information content (AvgIpc) is 2.63. The normalized spacial score (nSPS) is 33.0. The Kier molecular flexibility index (Phi) is 2.19. The first-order valence-electron chi connectivity index (χ1n) is 4.26. The summed E-state index contributed by atoms with van der Waals surface area (Å²) < 4.78 is 0. The zero-order chi connectivity index (χ0) is 6.81. The van der Waals surface area contributed by atoms with Crippen LogP contribution in [0.2, 0.25) is 0 Å². The Hall–Kier alpha value is 0.310. The molecule has 58 valence electrons. The third-order valence-corrected chi connectivity index (χ3v) is 3.53. The molecule has 1 aliphatic carbocycles. The SMILES string of the molecule is C1CC(CNC2CC2)CS1. The van der Waals surface area contributed by atoms with Gasteiger partial charge in [0.2, 0.25) is 0 Å². The van der Waals surface area contributed by atoms with Crippen molar-refractivity contribution in [1.29, 1.82) is 0 Å². The topological polar surface area (TPSA) is 12.0 Å². The van der Waals surface area contributed by atoms with Crippen LogP contribution in [0.5, 0.6) is 0 Å². The molecule has 0 aromatic heterocycles. The number of thioether (sulfide) groups is 1. The number of nitrogens with one attached hydrogen (secondary N) is 1. The van der Waals surface area contributed by atoms with Gasteiger partial charge in [0.05, 0.1) is 0 Å². The van der Waals surface area contributed by atoms with Crippen LogP contribution in [0.25, 0.3) is 0 Å². The fourth-order valence-electron chi connectivity index (χ4n) is 1.37. The van der Waals surface area contributed by atoms with E-state index in [-0.39, 0.29) is 0 Å². The zero-order valence-corrected chi connectivity index (χ0v) is 7.12. The second-order valence-electron chi connectivity index (χ2n) is 3.41. The first kappa shape index (κ1) is 6.99.